The molecule has 0 N–H and O–H groups in total. The Kier molecular flexibility index (Phi) is 7.84. The summed E-state index contributed by atoms with van der Waals surface area (Å²) < 4.78 is 0.858. The van der Waals surface area contributed by atoms with E-state index in [0.29, 0.717) is 9.49 Å². The largest absolute Gasteiger partial charge is 0.155 e. The number of hydrogen-bond donors (Lipinski definition) is 0. The highest BCUT2D eigenvalue weighted by Crippen LogP contribution is 2.28. The lowest BCUT2D eigenvalue weighted by atomic mass is 10.3. The number of thioether (sulfide) groups is 2. The van der Waals surface area contributed by atoms with E-state index in [4.69, 9.17) is 0 Å². The van der Waals surface area contributed by atoms with Gasteiger partial charge in [0.2, 0.25) is 0 Å². The molecule has 0 aliphatic rings. The van der Waals surface area contributed by atoms with Crippen LogP contribution in [0.4, 0.5) is 0 Å². The summed E-state index contributed by atoms with van der Waals surface area (Å²) in [6.07, 6.45) is 0. The van der Waals surface area contributed by atoms with Gasteiger partial charge in [0.1, 0.15) is 0 Å². The van der Waals surface area contributed by atoms with Gasteiger partial charge in [-0.3, -0.25) is 0 Å². The van der Waals surface area contributed by atoms with Crippen molar-refractivity contribution < 1.29 is 0 Å². The van der Waals surface area contributed by atoms with E-state index >= 15 is 0 Å². The maximum atomic E-state index is 2.28. The molecule has 0 aromatic rings. The van der Waals surface area contributed by atoms with E-state index in [9.17, 15) is 0 Å². The Morgan fingerprint density at radius 2 is 0.923 bits per heavy atom. The van der Waals surface area contributed by atoms with Gasteiger partial charge >= 0.3 is 0 Å². The van der Waals surface area contributed by atoms with Crippen LogP contribution in [0, 0.1) is 0 Å². The van der Waals surface area contributed by atoms with Crippen molar-refractivity contribution >= 4 is 31.9 Å². The van der Waals surface area contributed by atoms with Gasteiger partial charge in [-0.05, 0) is 0 Å². The molecule has 0 unspecified atom stereocenters. The molecule has 0 saturated heterocycles. The summed E-state index contributed by atoms with van der Waals surface area (Å²) in [6.45, 7) is 13.7. The molecular weight excluding hydrogens is 195 g/mol. The Morgan fingerprint density at radius 1 is 0.692 bits per heavy atom. The van der Waals surface area contributed by atoms with E-state index in [2.05, 4.69) is 65.1 Å². The van der Waals surface area contributed by atoms with Gasteiger partial charge in [-0.2, -0.15) is 23.5 Å². The maximum Gasteiger partial charge on any atom is 0.0814 e. The van der Waals surface area contributed by atoms with Gasteiger partial charge in [-0.1, -0.05) is 41.5 Å². The van der Waals surface area contributed by atoms with Gasteiger partial charge in [0.15, 0.2) is 0 Å². The highest BCUT2D eigenvalue weighted by molar-refractivity contribution is 8.04. The van der Waals surface area contributed by atoms with Gasteiger partial charge in [0.25, 0.3) is 0 Å². The van der Waals surface area contributed by atoms with Crippen molar-refractivity contribution in [3.63, 3.8) is 0 Å². The smallest absolute Gasteiger partial charge is 0.0814 e. The minimum atomic E-state index is 0. The number of hydrogen-bond acceptors (Lipinski definition) is 2. The summed E-state index contributed by atoms with van der Waals surface area (Å²) in [7, 11) is 0. The van der Waals surface area contributed by atoms with Crippen LogP contribution in [-0.2, 0) is 0 Å². The van der Waals surface area contributed by atoms with Crippen molar-refractivity contribution in [3.05, 3.63) is 0 Å². The van der Waals surface area contributed by atoms with Gasteiger partial charge in [-0.25, -0.2) is 0 Å². The second-order valence-corrected chi connectivity index (χ2v) is 8.77. The summed E-state index contributed by atoms with van der Waals surface area (Å²) in [5.41, 5.74) is 0. The third kappa shape index (κ3) is 15.5. The summed E-state index contributed by atoms with van der Waals surface area (Å²) >= 11 is 4.11. The third-order valence-corrected chi connectivity index (χ3v) is 3.96. The van der Waals surface area contributed by atoms with Crippen molar-refractivity contribution in [2.75, 3.05) is 11.5 Å². The zero-order chi connectivity index (χ0) is 9.83. The standard InChI is InChI=1S/C10H22S2.BH3/c1-9(2,3)11-7-8-12-10(4,5)6;/h7-8H2,1-6H3;1H3. The second-order valence-electron chi connectivity index (χ2n) is 4.92. The van der Waals surface area contributed by atoms with Crippen molar-refractivity contribution in [3.8, 4) is 0 Å². The molecule has 0 aliphatic carbocycles. The molecule has 0 aromatic heterocycles. The average Bonchev–Trinajstić information content (AvgIpc) is 1.76. The highest BCUT2D eigenvalue weighted by Gasteiger charge is 2.13. The first-order valence-corrected chi connectivity index (χ1v) is 6.46. The first-order chi connectivity index (χ1) is 5.21. The molecule has 0 aliphatic heterocycles. The van der Waals surface area contributed by atoms with Crippen molar-refractivity contribution in [2.45, 2.75) is 51.0 Å². The monoisotopic (exact) mass is 220 g/mol. The van der Waals surface area contributed by atoms with Crippen LogP contribution in [0.1, 0.15) is 41.5 Å². The zero-order valence-corrected chi connectivity index (χ0v) is 10.9. The molecule has 0 heterocycles. The van der Waals surface area contributed by atoms with Crippen molar-refractivity contribution in [1.82, 2.24) is 0 Å². The fourth-order valence-electron chi connectivity index (χ4n) is 0.696. The molecule has 0 fully saturated rings. The molecule has 0 rings (SSSR count). The SMILES string of the molecule is B.CC(C)(C)SCCSC(C)(C)C. The van der Waals surface area contributed by atoms with Gasteiger partial charge < -0.3 is 0 Å². The summed E-state index contributed by atoms with van der Waals surface area (Å²) in [6, 6.07) is 0. The molecule has 0 nitrogen and oxygen atoms in total. The average molecular weight is 220 g/mol. The van der Waals surface area contributed by atoms with Crippen LogP contribution in [0.15, 0.2) is 0 Å². The molecule has 80 valence electrons. The van der Waals surface area contributed by atoms with E-state index in [1.807, 2.05) is 0 Å². The van der Waals surface area contributed by atoms with Crippen LogP contribution in [0.2, 0.25) is 0 Å². The fourth-order valence-corrected chi connectivity index (χ4v) is 2.59. The Balaban J connectivity index is 0. The zero-order valence-electron chi connectivity index (χ0n) is 9.23. The van der Waals surface area contributed by atoms with Crippen LogP contribution >= 0.6 is 23.5 Å². The topological polar surface area (TPSA) is 0 Å². The molecule has 13 heavy (non-hydrogen) atoms. The second kappa shape index (κ2) is 6.29. The van der Waals surface area contributed by atoms with Crippen LogP contribution in [0.25, 0.3) is 0 Å². The quantitative estimate of drug-likeness (QED) is 0.530. The molecule has 0 aromatic carbocycles. The van der Waals surface area contributed by atoms with E-state index < -0.39 is 0 Å². The van der Waals surface area contributed by atoms with E-state index in [1.54, 1.807) is 0 Å². The molecule has 0 amide bonds. The van der Waals surface area contributed by atoms with Crippen molar-refractivity contribution in [2.24, 2.45) is 0 Å². The minimum absolute atomic E-state index is 0. The molecule has 0 saturated carbocycles. The summed E-state index contributed by atoms with van der Waals surface area (Å²) in [4.78, 5) is 0. The summed E-state index contributed by atoms with van der Waals surface area (Å²) in [5.74, 6) is 2.54. The molecular formula is C10H25BS2. The van der Waals surface area contributed by atoms with Gasteiger partial charge in [-0.15, -0.1) is 0 Å². The van der Waals surface area contributed by atoms with Crippen LogP contribution in [0.5, 0.6) is 0 Å². The Hall–Kier alpha value is 0.765. The predicted octanol–water partition coefficient (Wildman–Crippen LogP) is 2.87. The van der Waals surface area contributed by atoms with E-state index in [1.165, 1.54) is 11.5 Å². The Bertz CT molecular complexity index is 106. The van der Waals surface area contributed by atoms with Crippen LogP contribution in [-0.4, -0.2) is 29.4 Å². The summed E-state index contributed by atoms with van der Waals surface area (Å²) in [5, 5.41) is 0. The Morgan fingerprint density at radius 3 is 1.08 bits per heavy atom. The third-order valence-electron chi connectivity index (χ3n) is 1.15. The number of rotatable bonds is 3. The predicted molar refractivity (Wildman–Crippen MR) is 74.4 cm³/mol. The first-order valence-electron chi connectivity index (χ1n) is 4.49. The van der Waals surface area contributed by atoms with Gasteiger partial charge in [0.05, 0.1) is 8.41 Å². The molecule has 0 atom stereocenters. The molecule has 0 spiro atoms. The fraction of sp³-hybridized carbons (Fsp3) is 1.00. The normalized spacial score (nSPS) is 12.5. The van der Waals surface area contributed by atoms with Crippen molar-refractivity contribution in [1.29, 1.82) is 0 Å². The Labute approximate surface area is 94.6 Å². The van der Waals surface area contributed by atoms with Crippen LogP contribution < -0.4 is 0 Å². The molecule has 0 bridgehead atoms. The lowest BCUT2D eigenvalue weighted by Gasteiger charge is -2.20. The maximum absolute atomic E-state index is 2.28. The lowest BCUT2D eigenvalue weighted by Crippen LogP contribution is -2.12. The van der Waals surface area contributed by atoms with Gasteiger partial charge in [0, 0.05) is 21.0 Å². The van der Waals surface area contributed by atoms with Crippen LogP contribution in [0.3, 0.4) is 0 Å². The first kappa shape index (κ1) is 16.2. The minimum Gasteiger partial charge on any atom is -0.155 e. The lowest BCUT2D eigenvalue weighted by molar-refractivity contribution is 0.799. The highest BCUT2D eigenvalue weighted by atomic mass is 32.2. The molecule has 0 radical (unpaired) electrons. The van der Waals surface area contributed by atoms with E-state index in [-0.39, 0.29) is 8.41 Å². The molecule has 3 heteroatoms. The van der Waals surface area contributed by atoms with E-state index in [0.717, 1.165) is 0 Å².